The van der Waals surface area contributed by atoms with Crippen molar-refractivity contribution >= 4 is 17.8 Å². The number of primary amides is 1. The zero-order valence-electron chi connectivity index (χ0n) is 31.5. The molecule has 0 radical (unpaired) electrons. The second-order valence-electron chi connectivity index (χ2n) is 13.6. The lowest BCUT2D eigenvalue weighted by Crippen LogP contribution is -2.15. The van der Waals surface area contributed by atoms with Crippen molar-refractivity contribution in [1.29, 1.82) is 0 Å². The third kappa shape index (κ3) is 26.6. The van der Waals surface area contributed by atoms with E-state index in [0.717, 1.165) is 64.2 Å². The van der Waals surface area contributed by atoms with Crippen molar-refractivity contribution < 1.29 is 23.9 Å². The van der Waals surface area contributed by atoms with E-state index in [1.807, 2.05) is 0 Å². The van der Waals surface area contributed by atoms with Crippen LogP contribution in [0, 0.1) is 0 Å². The maximum Gasteiger partial charge on any atom is 0.311 e. The number of nitrogens with two attached hydrogens (primary N) is 1. The van der Waals surface area contributed by atoms with E-state index in [1.165, 1.54) is 121 Å². The quantitative estimate of drug-likeness (QED) is 0.0345. The van der Waals surface area contributed by atoms with Crippen LogP contribution in [0.3, 0.4) is 0 Å². The van der Waals surface area contributed by atoms with E-state index >= 15 is 0 Å². The molecule has 1 amide bonds. The van der Waals surface area contributed by atoms with Gasteiger partial charge in [0.1, 0.15) is 0 Å². The Morgan fingerprint density at radius 3 is 1.22 bits per heavy atom. The highest BCUT2D eigenvalue weighted by molar-refractivity contribution is 5.94. The van der Waals surface area contributed by atoms with E-state index in [1.54, 1.807) is 0 Å². The minimum atomic E-state index is -0.638. The monoisotopic (exact) mass is 682 g/mol. The number of carbonyl (C=O) groups excluding carboxylic acids is 3. The number of esters is 2. The van der Waals surface area contributed by atoms with Crippen LogP contribution in [0.15, 0.2) is 42.5 Å². The van der Waals surface area contributed by atoms with Crippen LogP contribution < -0.4 is 15.2 Å². The molecule has 0 aliphatic heterocycles. The number of ether oxygens (including phenoxy) is 2. The largest absolute Gasteiger partial charge is 0.423 e. The van der Waals surface area contributed by atoms with Crippen LogP contribution in [0.25, 0.3) is 0 Å². The van der Waals surface area contributed by atoms with Gasteiger partial charge in [0.05, 0.1) is 0 Å². The average molecular weight is 682 g/mol. The minimum Gasteiger partial charge on any atom is -0.423 e. The molecule has 0 fully saturated rings. The molecule has 49 heavy (non-hydrogen) atoms. The van der Waals surface area contributed by atoms with Crippen LogP contribution in [0.1, 0.15) is 204 Å². The molecular formula is C43H71NO5. The third-order valence-corrected chi connectivity index (χ3v) is 8.96. The van der Waals surface area contributed by atoms with Gasteiger partial charge >= 0.3 is 11.9 Å². The van der Waals surface area contributed by atoms with Gasteiger partial charge in [0.15, 0.2) is 11.5 Å². The summed E-state index contributed by atoms with van der Waals surface area (Å²) in [6.45, 7) is 4.51. The third-order valence-electron chi connectivity index (χ3n) is 8.96. The van der Waals surface area contributed by atoms with Crippen LogP contribution in [0.5, 0.6) is 11.5 Å². The lowest BCUT2D eigenvalue weighted by atomic mass is 10.1. The van der Waals surface area contributed by atoms with Crippen molar-refractivity contribution in [2.75, 3.05) is 0 Å². The Kier molecular flexibility index (Phi) is 29.1. The molecule has 1 aromatic rings. The zero-order chi connectivity index (χ0) is 35.6. The fraction of sp³-hybridized carbons (Fsp3) is 0.698. The molecular weight excluding hydrogens is 610 g/mol. The van der Waals surface area contributed by atoms with Crippen molar-refractivity contribution in [3.63, 3.8) is 0 Å². The van der Waals surface area contributed by atoms with E-state index in [-0.39, 0.29) is 35.9 Å². The van der Waals surface area contributed by atoms with Crippen LogP contribution in [-0.2, 0) is 9.59 Å². The zero-order valence-corrected chi connectivity index (χ0v) is 31.5. The van der Waals surface area contributed by atoms with E-state index in [2.05, 4.69) is 38.2 Å². The highest BCUT2D eigenvalue weighted by Gasteiger charge is 2.16. The van der Waals surface area contributed by atoms with E-state index in [4.69, 9.17) is 15.2 Å². The Labute approximate surface area is 300 Å². The molecule has 0 bridgehead atoms. The second kappa shape index (κ2) is 32.3. The number of hydrogen-bond donors (Lipinski definition) is 1. The van der Waals surface area contributed by atoms with Crippen LogP contribution in [0.4, 0.5) is 0 Å². The predicted octanol–water partition coefficient (Wildman–Crippen LogP) is 12.7. The summed E-state index contributed by atoms with van der Waals surface area (Å²) < 4.78 is 11.1. The van der Waals surface area contributed by atoms with Gasteiger partial charge in [-0.1, -0.05) is 141 Å². The molecule has 0 unspecified atom stereocenters. The Balaban J connectivity index is 2.23. The molecule has 278 valence electrons. The molecule has 0 heterocycles. The number of rotatable bonds is 33. The first-order valence-electron chi connectivity index (χ1n) is 20.1. The molecule has 1 rings (SSSR count). The van der Waals surface area contributed by atoms with Gasteiger partial charge in [0.2, 0.25) is 5.91 Å². The predicted molar refractivity (Wildman–Crippen MR) is 205 cm³/mol. The molecule has 1 aromatic carbocycles. The number of unbranched alkanes of at least 4 members (excludes halogenated alkanes) is 22. The highest BCUT2D eigenvalue weighted by Crippen LogP contribution is 2.30. The Bertz CT molecular complexity index is 1050. The Morgan fingerprint density at radius 2 is 0.837 bits per heavy atom. The maximum atomic E-state index is 12.6. The first kappa shape index (κ1) is 44.1. The Hall–Kier alpha value is -2.89. The topological polar surface area (TPSA) is 95.7 Å². The van der Waals surface area contributed by atoms with E-state index in [9.17, 15) is 14.4 Å². The van der Waals surface area contributed by atoms with Crippen LogP contribution >= 0.6 is 0 Å². The molecule has 0 aromatic heterocycles. The highest BCUT2D eigenvalue weighted by atomic mass is 16.6. The van der Waals surface area contributed by atoms with Gasteiger partial charge in [0.25, 0.3) is 0 Å². The van der Waals surface area contributed by atoms with E-state index in [0.29, 0.717) is 0 Å². The van der Waals surface area contributed by atoms with Crippen LogP contribution in [0.2, 0.25) is 0 Å². The number of carbonyl (C=O) groups is 3. The standard InChI is InChI=1S/C43H71NO5/c1-3-5-7-9-11-13-15-17-19-21-23-25-27-29-31-33-41(45)48-39-36-35-38(43(44)47)37-40(39)49-42(46)34-32-30-28-26-24-22-20-18-16-14-12-10-8-6-4-2/h17-20,35-37H,3-16,21-34H2,1-2H3,(H2,44,47)/b19-17-,20-18-. The maximum absolute atomic E-state index is 12.6. The number of benzene rings is 1. The summed E-state index contributed by atoms with van der Waals surface area (Å²) in [6.07, 6.45) is 40.7. The number of amides is 1. The van der Waals surface area contributed by atoms with Gasteiger partial charge in [-0.25, -0.2) is 0 Å². The molecule has 2 N–H and O–H groups in total. The smallest absolute Gasteiger partial charge is 0.311 e. The fourth-order valence-electron chi connectivity index (χ4n) is 5.85. The molecule has 0 spiro atoms. The summed E-state index contributed by atoms with van der Waals surface area (Å²) >= 11 is 0. The molecule has 0 saturated heterocycles. The normalized spacial score (nSPS) is 11.5. The second-order valence-corrected chi connectivity index (χ2v) is 13.6. The van der Waals surface area contributed by atoms with Crippen molar-refractivity contribution in [2.24, 2.45) is 5.73 Å². The lowest BCUT2D eigenvalue weighted by Gasteiger charge is -2.12. The molecule has 0 atom stereocenters. The van der Waals surface area contributed by atoms with Gasteiger partial charge < -0.3 is 15.2 Å². The lowest BCUT2D eigenvalue weighted by molar-refractivity contribution is -0.137. The fourth-order valence-corrected chi connectivity index (χ4v) is 5.85. The summed E-state index contributed by atoms with van der Waals surface area (Å²) in [5.74, 6) is -1.22. The molecule has 0 aliphatic rings. The first-order valence-corrected chi connectivity index (χ1v) is 20.1. The summed E-state index contributed by atoms with van der Waals surface area (Å²) in [4.78, 5) is 36.9. The SMILES string of the molecule is CCCCCCCC/C=C\CCCCCCCC(=O)Oc1ccc(C(N)=O)cc1OC(=O)CCCCCCC/C=C\CCCCCCCC. The Morgan fingerprint density at radius 1 is 0.490 bits per heavy atom. The summed E-state index contributed by atoms with van der Waals surface area (Å²) in [5, 5.41) is 0. The summed E-state index contributed by atoms with van der Waals surface area (Å²) in [7, 11) is 0. The van der Waals surface area contributed by atoms with Gasteiger partial charge in [-0.05, 0) is 82.4 Å². The van der Waals surface area contributed by atoms with Gasteiger partial charge in [-0.3, -0.25) is 14.4 Å². The van der Waals surface area contributed by atoms with Crippen molar-refractivity contribution in [3.8, 4) is 11.5 Å². The van der Waals surface area contributed by atoms with Crippen molar-refractivity contribution in [2.45, 2.75) is 194 Å². The molecule has 0 aliphatic carbocycles. The molecule has 0 saturated carbocycles. The molecule has 6 heteroatoms. The average Bonchev–Trinajstić information content (AvgIpc) is 3.08. The van der Waals surface area contributed by atoms with Crippen molar-refractivity contribution in [3.05, 3.63) is 48.1 Å². The van der Waals surface area contributed by atoms with Gasteiger partial charge in [-0.2, -0.15) is 0 Å². The van der Waals surface area contributed by atoms with Crippen LogP contribution in [-0.4, -0.2) is 17.8 Å². The first-order chi connectivity index (χ1) is 24.0. The number of hydrogen-bond acceptors (Lipinski definition) is 5. The van der Waals surface area contributed by atoms with Gasteiger partial charge in [0, 0.05) is 18.4 Å². The van der Waals surface area contributed by atoms with E-state index < -0.39 is 11.9 Å². The van der Waals surface area contributed by atoms with Crippen molar-refractivity contribution in [1.82, 2.24) is 0 Å². The minimum absolute atomic E-state index is 0.0620. The van der Waals surface area contributed by atoms with Gasteiger partial charge in [-0.15, -0.1) is 0 Å². The summed E-state index contributed by atoms with van der Waals surface area (Å²) in [6, 6.07) is 4.34. The molecule has 6 nitrogen and oxygen atoms in total. The number of allylic oxidation sites excluding steroid dienone is 4. The summed E-state index contributed by atoms with van der Waals surface area (Å²) in [5.41, 5.74) is 5.63.